The molecule has 2 aromatic carbocycles. The summed E-state index contributed by atoms with van der Waals surface area (Å²) in [7, 11) is 0. The second-order valence-corrected chi connectivity index (χ2v) is 9.15. The van der Waals surface area contributed by atoms with Crippen LogP contribution in [0.3, 0.4) is 0 Å². The number of piperidine rings is 1. The summed E-state index contributed by atoms with van der Waals surface area (Å²) in [5, 5.41) is 0. The normalized spacial score (nSPS) is 17.0. The number of rotatable bonds is 11. The van der Waals surface area contributed by atoms with Crippen molar-refractivity contribution in [1.29, 1.82) is 0 Å². The number of Topliss-reactive ketones (excluding diaryl/α,β-unsaturated/α-hetero) is 1. The second-order valence-electron chi connectivity index (χ2n) is 9.15. The lowest BCUT2D eigenvalue weighted by Crippen LogP contribution is -2.41. The molecule has 1 aliphatic rings. The van der Waals surface area contributed by atoms with Crippen LogP contribution >= 0.6 is 0 Å². The van der Waals surface area contributed by atoms with Gasteiger partial charge in [0.05, 0.1) is 13.2 Å². The van der Waals surface area contributed by atoms with Gasteiger partial charge in [0, 0.05) is 41.4 Å². The largest absolute Gasteiger partial charge is 0.493 e. The lowest BCUT2D eigenvalue weighted by Gasteiger charge is -2.33. The van der Waals surface area contributed by atoms with Crippen molar-refractivity contribution >= 4 is 17.9 Å². The molecule has 2 aromatic rings. The van der Waals surface area contributed by atoms with E-state index in [9.17, 15) is 4.79 Å². The van der Waals surface area contributed by atoms with Gasteiger partial charge in [0.15, 0.2) is 5.78 Å². The van der Waals surface area contributed by atoms with Crippen molar-refractivity contribution < 1.29 is 14.3 Å². The van der Waals surface area contributed by atoms with Gasteiger partial charge in [0.25, 0.3) is 0 Å². The van der Waals surface area contributed by atoms with Crippen molar-refractivity contribution in [3.05, 3.63) is 70.8 Å². The molecule has 1 aliphatic heterocycles. The molecule has 182 valence electrons. The van der Waals surface area contributed by atoms with Gasteiger partial charge in [-0.05, 0) is 51.0 Å². The lowest BCUT2D eigenvalue weighted by molar-refractivity contribution is -0.113. The first kappa shape index (κ1) is 25.8. The number of unbranched alkanes of at least 4 members (excludes halogenated alkanes) is 2. The maximum atomic E-state index is 13.6. The van der Waals surface area contributed by atoms with E-state index in [1.54, 1.807) is 0 Å². The summed E-state index contributed by atoms with van der Waals surface area (Å²) in [6.07, 6.45) is 8.21. The molecule has 1 heterocycles. The molecule has 0 radical (unpaired) electrons. The zero-order chi connectivity index (χ0) is 24.3. The fourth-order valence-electron chi connectivity index (χ4n) is 3.92. The van der Waals surface area contributed by atoms with E-state index in [0.29, 0.717) is 32.3 Å². The summed E-state index contributed by atoms with van der Waals surface area (Å²) in [5.74, 6) is 1.76. The summed E-state index contributed by atoms with van der Waals surface area (Å²) in [5.41, 5.74) is 3.50. The minimum absolute atomic E-state index is 0.101. The highest BCUT2D eigenvalue weighted by molar-refractivity contribution is 6.14. The number of likely N-dealkylation sites (tertiary alicyclic amines) is 1. The van der Waals surface area contributed by atoms with Gasteiger partial charge in [-0.15, -0.1) is 0 Å². The Kier molecular flexibility index (Phi) is 9.96. The van der Waals surface area contributed by atoms with Gasteiger partial charge in [-0.3, -0.25) is 9.69 Å². The highest BCUT2D eigenvalue weighted by Gasteiger charge is 2.28. The van der Waals surface area contributed by atoms with E-state index in [0.717, 1.165) is 59.5 Å². The molecule has 0 atom stereocenters. The summed E-state index contributed by atoms with van der Waals surface area (Å²) in [6.45, 7) is 11.3. The first-order valence-electron chi connectivity index (χ1n) is 12.7. The average molecular weight is 462 g/mol. The average Bonchev–Trinajstić information content (AvgIpc) is 2.83. The van der Waals surface area contributed by atoms with Gasteiger partial charge in [-0.25, -0.2) is 0 Å². The SMILES string of the molecule is CCCCOc1ccccc1/C=C1\CN(C(C)C)C/C(=C\c2ccccc2OCCCC)C1=O. The van der Waals surface area contributed by atoms with Crippen LogP contribution in [-0.2, 0) is 4.79 Å². The minimum atomic E-state index is 0.101. The van der Waals surface area contributed by atoms with Crippen molar-refractivity contribution in [2.75, 3.05) is 26.3 Å². The molecule has 3 rings (SSSR count). The maximum Gasteiger partial charge on any atom is 0.187 e. The molecule has 34 heavy (non-hydrogen) atoms. The van der Waals surface area contributed by atoms with E-state index in [2.05, 4.69) is 32.6 Å². The van der Waals surface area contributed by atoms with Crippen LogP contribution in [0.1, 0.15) is 64.5 Å². The van der Waals surface area contributed by atoms with E-state index in [-0.39, 0.29) is 5.78 Å². The fraction of sp³-hybridized carbons (Fsp3) is 0.433. The molecule has 1 saturated heterocycles. The van der Waals surface area contributed by atoms with Crippen LogP contribution < -0.4 is 9.47 Å². The molecule has 4 heteroatoms. The van der Waals surface area contributed by atoms with E-state index >= 15 is 0 Å². The van der Waals surface area contributed by atoms with Gasteiger partial charge in [-0.2, -0.15) is 0 Å². The molecule has 0 aromatic heterocycles. The number of carbonyl (C=O) groups is 1. The van der Waals surface area contributed by atoms with Gasteiger partial charge >= 0.3 is 0 Å². The molecule has 1 fully saturated rings. The summed E-state index contributed by atoms with van der Waals surface area (Å²) in [4.78, 5) is 15.9. The Labute approximate surface area is 205 Å². The Morgan fingerprint density at radius 2 is 1.24 bits per heavy atom. The van der Waals surface area contributed by atoms with Crippen LogP contribution in [0, 0.1) is 0 Å². The predicted octanol–water partition coefficient (Wildman–Crippen LogP) is 6.80. The highest BCUT2D eigenvalue weighted by atomic mass is 16.5. The van der Waals surface area contributed by atoms with Gasteiger partial charge in [0.2, 0.25) is 0 Å². The van der Waals surface area contributed by atoms with Crippen molar-refractivity contribution in [3.8, 4) is 11.5 Å². The maximum absolute atomic E-state index is 13.6. The number of para-hydroxylation sites is 2. The minimum Gasteiger partial charge on any atom is -0.493 e. The first-order chi connectivity index (χ1) is 16.5. The second kappa shape index (κ2) is 13.1. The third kappa shape index (κ3) is 7.07. The Hall–Kier alpha value is -2.85. The molecule has 0 saturated carbocycles. The number of benzene rings is 2. The molecule has 0 N–H and O–H groups in total. The Morgan fingerprint density at radius 3 is 1.65 bits per heavy atom. The third-order valence-electron chi connectivity index (χ3n) is 6.07. The molecule has 0 bridgehead atoms. The number of hydrogen-bond acceptors (Lipinski definition) is 4. The molecular formula is C30H39NO3. The van der Waals surface area contributed by atoms with Crippen LogP contribution in [0.15, 0.2) is 59.7 Å². The van der Waals surface area contributed by atoms with Crippen LogP contribution in [0.4, 0.5) is 0 Å². The fourth-order valence-corrected chi connectivity index (χ4v) is 3.92. The first-order valence-corrected chi connectivity index (χ1v) is 12.7. The summed E-state index contributed by atoms with van der Waals surface area (Å²) in [6, 6.07) is 16.3. The van der Waals surface area contributed by atoms with Gasteiger partial charge < -0.3 is 9.47 Å². The van der Waals surface area contributed by atoms with E-state index in [1.165, 1.54) is 0 Å². The van der Waals surface area contributed by atoms with Crippen molar-refractivity contribution in [2.24, 2.45) is 0 Å². The molecule has 0 unspecified atom stereocenters. The number of hydrogen-bond donors (Lipinski definition) is 0. The molecule has 4 nitrogen and oxygen atoms in total. The van der Waals surface area contributed by atoms with Crippen molar-refractivity contribution in [2.45, 2.75) is 59.4 Å². The molecule has 0 aliphatic carbocycles. The van der Waals surface area contributed by atoms with Crippen LogP contribution in [0.25, 0.3) is 12.2 Å². The molecular weight excluding hydrogens is 422 g/mol. The quantitative estimate of drug-likeness (QED) is 0.272. The number of nitrogens with zero attached hydrogens (tertiary/aromatic N) is 1. The Morgan fingerprint density at radius 1 is 0.794 bits per heavy atom. The van der Waals surface area contributed by atoms with E-state index in [1.807, 2.05) is 60.7 Å². The van der Waals surface area contributed by atoms with Crippen molar-refractivity contribution in [1.82, 2.24) is 4.90 Å². The number of ketones is 1. The standard InChI is InChI=1S/C30H39NO3/c1-5-7-17-33-28-15-11-9-13-24(28)19-26-21-31(23(3)4)22-27(30(26)32)20-25-14-10-12-16-29(25)34-18-8-6-2/h9-16,19-20,23H,5-8,17-18,21-22H2,1-4H3/b26-19+,27-20+. The third-order valence-corrected chi connectivity index (χ3v) is 6.07. The Balaban J connectivity index is 1.93. The van der Waals surface area contributed by atoms with E-state index in [4.69, 9.17) is 9.47 Å². The van der Waals surface area contributed by atoms with Gasteiger partial charge in [-0.1, -0.05) is 63.1 Å². The highest BCUT2D eigenvalue weighted by Crippen LogP contribution is 2.29. The topological polar surface area (TPSA) is 38.8 Å². The van der Waals surface area contributed by atoms with Crippen molar-refractivity contribution in [3.63, 3.8) is 0 Å². The smallest absolute Gasteiger partial charge is 0.187 e. The molecule has 0 spiro atoms. The summed E-state index contributed by atoms with van der Waals surface area (Å²) < 4.78 is 12.0. The molecule has 0 amide bonds. The van der Waals surface area contributed by atoms with E-state index < -0.39 is 0 Å². The monoisotopic (exact) mass is 461 g/mol. The summed E-state index contributed by atoms with van der Waals surface area (Å²) >= 11 is 0. The predicted molar refractivity (Wildman–Crippen MR) is 141 cm³/mol. The van der Waals surface area contributed by atoms with Crippen LogP contribution in [-0.4, -0.2) is 43.0 Å². The van der Waals surface area contributed by atoms with Gasteiger partial charge in [0.1, 0.15) is 11.5 Å². The zero-order valence-corrected chi connectivity index (χ0v) is 21.2. The number of carbonyl (C=O) groups excluding carboxylic acids is 1. The number of ether oxygens (including phenoxy) is 2. The van der Waals surface area contributed by atoms with Crippen LogP contribution in [0.2, 0.25) is 0 Å². The van der Waals surface area contributed by atoms with Crippen LogP contribution in [0.5, 0.6) is 11.5 Å². The Bertz CT molecular complexity index is 930. The zero-order valence-electron chi connectivity index (χ0n) is 21.2. The lowest BCUT2D eigenvalue weighted by atomic mass is 9.93.